The standard InChI is InChI=1S/C22H21ClN2O3S.C21H19ClN2O3S/c1-15(2)13-16-3-6-19(7-4-16)29(27,28)25-21-8-5-18(23)14-20(21)22(26)17-9-11-24-12-10-17;1-14(2)15-3-6-18(7-4-15)28(26,27)24-20-8-5-17(22)13-19(20)21(25)16-9-11-23-12-10-16/h3-12,14-15,25H,13H2,1-2H3;3-14,24H,1-2H3. The summed E-state index contributed by atoms with van der Waals surface area (Å²) < 4.78 is 56.4. The maximum absolute atomic E-state index is 12.9. The molecule has 0 saturated carbocycles. The fraction of sp³-hybridized carbons (Fsp3) is 0.163. The third-order valence-electron chi connectivity index (χ3n) is 8.56. The molecule has 0 unspecified atom stereocenters. The van der Waals surface area contributed by atoms with Crippen LogP contribution in [0.25, 0.3) is 0 Å². The van der Waals surface area contributed by atoms with Crippen LogP contribution in [0.1, 0.15) is 76.6 Å². The molecular formula is C43H40Cl2N4O6S2. The molecule has 0 radical (unpaired) electrons. The van der Waals surface area contributed by atoms with Gasteiger partial charge in [-0.15, -0.1) is 0 Å². The van der Waals surface area contributed by atoms with Crippen molar-refractivity contribution in [1.29, 1.82) is 0 Å². The largest absolute Gasteiger partial charge is 0.289 e. The highest BCUT2D eigenvalue weighted by Crippen LogP contribution is 2.28. The molecule has 0 aliphatic carbocycles. The van der Waals surface area contributed by atoms with Crippen molar-refractivity contribution >= 4 is 66.2 Å². The van der Waals surface area contributed by atoms with E-state index in [9.17, 15) is 26.4 Å². The van der Waals surface area contributed by atoms with Crippen LogP contribution in [0.5, 0.6) is 0 Å². The Balaban J connectivity index is 0.000000218. The third kappa shape index (κ3) is 11.4. The topological polar surface area (TPSA) is 152 Å². The molecule has 0 atom stereocenters. The van der Waals surface area contributed by atoms with Gasteiger partial charge in [-0.25, -0.2) is 16.8 Å². The van der Waals surface area contributed by atoms with Gasteiger partial charge >= 0.3 is 0 Å². The Morgan fingerprint density at radius 1 is 0.561 bits per heavy atom. The third-order valence-corrected chi connectivity index (χ3v) is 11.8. The predicted molar refractivity (Wildman–Crippen MR) is 225 cm³/mol. The van der Waals surface area contributed by atoms with E-state index in [4.69, 9.17) is 23.2 Å². The average molecular weight is 844 g/mol. The van der Waals surface area contributed by atoms with Gasteiger partial charge in [0.25, 0.3) is 20.0 Å². The lowest BCUT2D eigenvalue weighted by Crippen LogP contribution is -2.16. The van der Waals surface area contributed by atoms with Crippen LogP contribution in [0.15, 0.2) is 144 Å². The van der Waals surface area contributed by atoms with E-state index in [0.29, 0.717) is 33.0 Å². The van der Waals surface area contributed by atoms with Gasteiger partial charge in [0.1, 0.15) is 0 Å². The van der Waals surface area contributed by atoms with Crippen molar-refractivity contribution in [2.24, 2.45) is 5.92 Å². The van der Waals surface area contributed by atoms with E-state index in [1.54, 1.807) is 72.8 Å². The highest BCUT2D eigenvalue weighted by atomic mass is 35.5. The number of sulfonamides is 2. The van der Waals surface area contributed by atoms with Gasteiger partial charge in [-0.3, -0.25) is 29.0 Å². The molecule has 0 aliphatic heterocycles. The summed E-state index contributed by atoms with van der Waals surface area (Å²) in [5.74, 6) is 0.0783. The molecule has 6 aromatic rings. The van der Waals surface area contributed by atoms with E-state index in [0.717, 1.165) is 17.5 Å². The Morgan fingerprint density at radius 2 is 0.947 bits per heavy atom. The zero-order valence-electron chi connectivity index (χ0n) is 31.5. The summed E-state index contributed by atoms with van der Waals surface area (Å²) in [4.78, 5) is 33.7. The number of ketones is 2. The quantitative estimate of drug-likeness (QED) is 0.109. The number of pyridine rings is 2. The monoisotopic (exact) mass is 842 g/mol. The number of benzene rings is 4. The van der Waals surface area contributed by atoms with Crippen molar-refractivity contribution in [3.05, 3.63) is 177 Å². The van der Waals surface area contributed by atoms with E-state index in [1.165, 1.54) is 61.2 Å². The van der Waals surface area contributed by atoms with E-state index in [2.05, 4.69) is 33.3 Å². The molecule has 6 rings (SSSR count). The minimum Gasteiger partial charge on any atom is -0.289 e. The summed E-state index contributed by atoms with van der Waals surface area (Å²) in [6.45, 7) is 8.28. The van der Waals surface area contributed by atoms with Gasteiger partial charge in [0.05, 0.1) is 21.2 Å². The highest BCUT2D eigenvalue weighted by Gasteiger charge is 2.22. The van der Waals surface area contributed by atoms with Crippen LogP contribution in [0.3, 0.4) is 0 Å². The maximum Gasteiger partial charge on any atom is 0.261 e. The molecule has 14 heteroatoms. The lowest BCUT2D eigenvalue weighted by atomic mass is 10.0. The van der Waals surface area contributed by atoms with Gasteiger partial charge in [-0.05, 0) is 114 Å². The fourth-order valence-electron chi connectivity index (χ4n) is 5.62. The number of halogens is 2. The number of nitrogens with one attached hydrogen (secondary N) is 2. The first-order chi connectivity index (χ1) is 27.0. The van der Waals surface area contributed by atoms with Gasteiger partial charge in [-0.1, -0.05) is 75.2 Å². The molecule has 2 aromatic heterocycles. The summed E-state index contributed by atoms with van der Waals surface area (Å²) in [6.07, 6.45) is 6.87. The van der Waals surface area contributed by atoms with E-state index >= 15 is 0 Å². The molecule has 0 fully saturated rings. The Hall–Kier alpha value is -5.40. The molecular weight excluding hydrogens is 804 g/mol. The van der Waals surface area contributed by atoms with Crippen molar-refractivity contribution in [2.45, 2.75) is 49.8 Å². The van der Waals surface area contributed by atoms with Crippen molar-refractivity contribution in [3.8, 4) is 0 Å². The van der Waals surface area contributed by atoms with Gasteiger partial charge in [0.15, 0.2) is 11.6 Å². The number of carbonyl (C=O) groups excluding carboxylic acids is 2. The smallest absolute Gasteiger partial charge is 0.261 e. The number of anilines is 2. The number of rotatable bonds is 13. The molecule has 0 aliphatic rings. The second kappa shape index (κ2) is 18.7. The van der Waals surface area contributed by atoms with E-state index in [-0.39, 0.29) is 43.9 Å². The number of hydrogen-bond donors (Lipinski definition) is 2. The Morgan fingerprint density at radius 3 is 1.32 bits per heavy atom. The molecule has 294 valence electrons. The zero-order chi connectivity index (χ0) is 41.3. The van der Waals surface area contributed by atoms with Crippen LogP contribution in [0, 0.1) is 5.92 Å². The molecule has 0 amide bonds. The van der Waals surface area contributed by atoms with Gasteiger partial charge in [0.2, 0.25) is 0 Å². The van der Waals surface area contributed by atoms with E-state index in [1.807, 2.05) is 13.8 Å². The summed E-state index contributed by atoms with van der Waals surface area (Å²) in [5, 5.41) is 0.671. The van der Waals surface area contributed by atoms with Gasteiger partial charge in [0, 0.05) is 57.1 Å². The number of nitrogens with zero attached hydrogens (tertiary/aromatic N) is 2. The molecule has 0 spiro atoms. The molecule has 57 heavy (non-hydrogen) atoms. The first kappa shape index (κ1) is 42.7. The minimum atomic E-state index is -3.87. The first-order valence-electron chi connectivity index (χ1n) is 17.8. The van der Waals surface area contributed by atoms with Crippen molar-refractivity contribution < 1.29 is 26.4 Å². The molecule has 2 N–H and O–H groups in total. The second-order valence-electron chi connectivity index (χ2n) is 13.7. The molecule has 4 aromatic carbocycles. The van der Waals surface area contributed by atoms with Gasteiger partial charge < -0.3 is 0 Å². The maximum atomic E-state index is 12.9. The average Bonchev–Trinajstić information content (AvgIpc) is 3.19. The second-order valence-corrected chi connectivity index (χ2v) is 17.9. The first-order valence-corrected chi connectivity index (χ1v) is 21.5. The summed E-state index contributed by atoms with van der Waals surface area (Å²) in [6, 6.07) is 28.6. The minimum absolute atomic E-state index is 0.120. The summed E-state index contributed by atoms with van der Waals surface area (Å²) in [7, 11) is -7.73. The molecule has 2 heterocycles. The normalized spacial score (nSPS) is 11.4. The summed E-state index contributed by atoms with van der Waals surface area (Å²) in [5.41, 5.74) is 3.56. The van der Waals surface area contributed by atoms with Crippen LogP contribution in [0.4, 0.5) is 11.4 Å². The van der Waals surface area contributed by atoms with Crippen LogP contribution < -0.4 is 9.44 Å². The predicted octanol–water partition coefficient (Wildman–Crippen LogP) is 9.86. The van der Waals surface area contributed by atoms with Crippen LogP contribution >= 0.6 is 23.2 Å². The zero-order valence-corrected chi connectivity index (χ0v) is 34.6. The Kier molecular flexibility index (Phi) is 14.0. The van der Waals surface area contributed by atoms with Crippen molar-refractivity contribution in [3.63, 3.8) is 0 Å². The van der Waals surface area contributed by atoms with Crippen LogP contribution in [0.2, 0.25) is 10.0 Å². The number of carbonyl (C=O) groups is 2. The van der Waals surface area contributed by atoms with Crippen molar-refractivity contribution in [2.75, 3.05) is 9.44 Å². The van der Waals surface area contributed by atoms with E-state index < -0.39 is 20.0 Å². The lowest BCUT2D eigenvalue weighted by molar-refractivity contribution is 0.103. The molecule has 0 bridgehead atoms. The van der Waals surface area contributed by atoms with Crippen molar-refractivity contribution in [1.82, 2.24) is 9.97 Å². The number of hydrogen-bond acceptors (Lipinski definition) is 8. The van der Waals surface area contributed by atoms with Crippen LogP contribution in [-0.4, -0.2) is 38.4 Å². The highest BCUT2D eigenvalue weighted by molar-refractivity contribution is 7.93. The SMILES string of the molecule is CC(C)Cc1ccc(S(=O)(=O)Nc2ccc(Cl)cc2C(=O)c2ccncc2)cc1.CC(C)c1ccc(S(=O)(=O)Nc2ccc(Cl)cc2C(=O)c2ccncc2)cc1. The lowest BCUT2D eigenvalue weighted by Gasteiger charge is -2.13. The Bertz CT molecular complexity index is 2570. The Labute approximate surface area is 343 Å². The molecule has 0 saturated heterocycles. The van der Waals surface area contributed by atoms with Gasteiger partial charge in [-0.2, -0.15) is 0 Å². The van der Waals surface area contributed by atoms with Crippen LogP contribution in [-0.2, 0) is 26.5 Å². The molecule has 10 nitrogen and oxygen atoms in total. The number of aromatic nitrogens is 2. The fourth-order valence-corrected chi connectivity index (χ4v) is 8.12. The summed E-state index contributed by atoms with van der Waals surface area (Å²) >= 11 is 12.1.